The zero-order valence-corrected chi connectivity index (χ0v) is 14.5. The molecule has 0 aliphatic heterocycles. The highest BCUT2D eigenvalue weighted by Gasteiger charge is 2.23. The summed E-state index contributed by atoms with van der Waals surface area (Å²) in [7, 11) is 0. The lowest BCUT2D eigenvalue weighted by Crippen LogP contribution is -2.33. The third-order valence-electron chi connectivity index (χ3n) is 3.80. The maximum Gasteiger partial charge on any atom is 0.227 e. The van der Waals surface area contributed by atoms with Crippen molar-refractivity contribution in [3.8, 4) is 0 Å². The van der Waals surface area contributed by atoms with Crippen LogP contribution in [-0.4, -0.2) is 12.5 Å². The van der Waals surface area contributed by atoms with Crippen LogP contribution in [-0.2, 0) is 11.2 Å². The van der Waals surface area contributed by atoms with E-state index in [4.69, 9.17) is 5.73 Å². The standard InChI is InChI=1S/C19H24N2O.ClH/c1-14(2)18(16-6-4-3-5-7-16)19(22)21-13-12-15-8-10-17(20)11-9-15;/h3-11,14,18H,12-13,20H2,1-2H3,(H,21,22);1H. The molecular weight excluding hydrogens is 308 g/mol. The summed E-state index contributed by atoms with van der Waals surface area (Å²) < 4.78 is 0. The molecule has 1 amide bonds. The van der Waals surface area contributed by atoms with E-state index < -0.39 is 0 Å². The summed E-state index contributed by atoms with van der Waals surface area (Å²) in [4.78, 5) is 12.5. The minimum absolute atomic E-state index is 0. The lowest BCUT2D eigenvalue weighted by Gasteiger charge is -2.20. The first-order valence-corrected chi connectivity index (χ1v) is 7.75. The molecule has 4 heteroatoms. The highest BCUT2D eigenvalue weighted by Crippen LogP contribution is 2.24. The monoisotopic (exact) mass is 332 g/mol. The van der Waals surface area contributed by atoms with Crippen molar-refractivity contribution < 1.29 is 4.79 Å². The van der Waals surface area contributed by atoms with E-state index in [0.29, 0.717) is 6.54 Å². The van der Waals surface area contributed by atoms with Crippen molar-refractivity contribution in [3.05, 3.63) is 65.7 Å². The SMILES string of the molecule is CC(C)C(C(=O)NCCc1ccc(N)cc1)c1ccccc1.Cl. The summed E-state index contributed by atoms with van der Waals surface area (Å²) in [6.45, 7) is 4.80. The van der Waals surface area contributed by atoms with Gasteiger partial charge in [-0.3, -0.25) is 4.79 Å². The van der Waals surface area contributed by atoms with Gasteiger partial charge in [-0.15, -0.1) is 12.4 Å². The van der Waals surface area contributed by atoms with Crippen LogP contribution in [0.3, 0.4) is 0 Å². The number of nitrogens with two attached hydrogens (primary N) is 1. The fourth-order valence-corrected chi connectivity index (χ4v) is 2.62. The van der Waals surface area contributed by atoms with Crippen LogP contribution in [0, 0.1) is 5.92 Å². The summed E-state index contributed by atoms with van der Waals surface area (Å²) in [6, 6.07) is 17.7. The van der Waals surface area contributed by atoms with Gasteiger partial charge in [0.15, 0.2) is 0 Å². The molecule has 2 aromatic rings. The Morgan fingerprint density at radius 3 is 2.22 bits per heavy atom. The van der Waals surface area contributed by atoms with Crippen LogP contribution >= 0.6 is 12.4 Å². The van der Waals surface area contributed by atoms with Gasteiger partial charge in [-0.1, -0.05) is 56.3 Å². The summed E-state index contributed by atoms with van der Waals surface area (Å²) in [5, 5.41) is 3.06. The molecule has 0 aromatic heterocycles. The van der Waals surface area contributed by atoms with Crippen molar-refractivity contribution in [2.24, 2.45) is 5.92 Å². The van der Waals surface area contributed by atoms with Gasteiger partial charge < -0.3 is 11.1 Å². The van der Waals surface area contributed by atoms with Crippen LogP contribution in [0.4, 0.5) is 5.69 Å². The molecule has 0 aliphatic carbocycles. The van der Waals surface area contributed by atoms with E-state index in [0.717, 1.165) is 17.7 Å². The second-order valence-corrected chi connectivity index (χ2v) is 5.91. The summed E-state index contributed by atoms with van der Waals surface area (Å²) >= 11 is 0. The van der Waals surface area contributed by atoms with Gasteiger partial charge in [0.05, 0.1) is 5.92 Å². The van der Waals surface area contributed by atoms with Gasteiger partial charge in [0, 0.05) is 12.2 Å². The highest BCUT2D eigenvalue weighted by molar-refractivity contribution is 5.85. The van der Waals surface area contributed by atoms with Gasteiger partial charge in [0.1, 0.15) is 0 Å². The molecule has 124 valence electrons. The first-order chi connectivity index (χ1) is 10.6. The number of anilines is 1. The zero-order valence-electron chi connectivity index (χ0n) is 13.7. The van der Waals surface area contributed by atoms with Crippen LogP contribution < -0.4 is 11.1 Å². The normalized spacial score (nSPS) is 11.6. The number of carbonyl (C=O) groups is 1. The molecule has 2 rings (SSSR count). The summed E-state index contributed by atoms with van der Waals surface area (Å²) in [6.07, 6.45) is 0.811. The second-order valence-electron chi connectivity index (χ2n) is 5.91. The van der Waals surface area contributed by atoms with Gasteiger partial charge in [-0.25, -0.2) is 0 Å². The molecule has 3 N–H and O–H groups in total. The molecule has 0 aliphatic rings. The molecular formula is C19H25ClN2O. The van der Waals surface area contributed by atoms with Gasteiger partial charge in [-0.05, 0) is 35.6 Å². The Hall–Kier alpha value is -2.00. The Balaban J connectivity index is 0.00000264. The van der Waals surface area contributed by atoms with Gasteiger partial charge in [0.2, 0.25) is 5.91 Å². The topological polar surface area (TPSA) is 55.1 Å². The maximum absolute atomic E-state index is 12.5. The number of rotatable bonds is 6. The van der Waals surface area contributed by atoms with Gasteiger partial charge >= 0.3 is 0 Å². The average molecular weight is 333 g/mol. The van der Waals surface area contributed by atoms with Gasteiger partial charge in [0.25, 0.3) is 0 Å². The van der Waals surface area contributed by atoms with Crippen molar-refractivity contribution in [2.75, 3.05) is 12.3 Å². The number of carbonyl (C=O) groups excluding carboxylic acids is 1. The third-order valence-corrected chi connectivity index (χ3v) is 3.80. The van der Waals surface area contributed by atoms with Crippen LogP contribution in [0.5, 0.6) is 0 Å². The lowest BCUT2D eigenvalue weighted by atomic mass is 9.87. The molecule has 0 saturated carbocycles. The Morgan fingerprint density at radius 1 is 1.04 bits per heavy atom. The molecule has 0 bridgehead atoms. The van der Waals surface area contributed by atoms with E-state index in [9.17, 15) is 4.79 Å². The Bertz CT molecular complexity index is 597. The molecule has 0 fully saturated rings. The van der Waals surface area contributed by atoms with Crippen LogP contribution in [0.25, 0.3) is 0 Å². The smallest absolute Gasteiger partial charge is 0.227 e. The van der Waals surface area contributed by atoms with Gasteiger partial charge in [-0.2, -0.15) is 0 Å². The molecule has 3 nitrogen and oxygen atoms in total. The Labute approximate surface area is 144 Å². The molecule has 23 heavy (non-hydrogen) atoms. The average Bonchev–Trinajstić information content (AvgIpc) is 2.50. The first kappa shape index (κ1) is 19.0. The number of benzene rings is 2. The minimum Gasteiger partial charge on any atom is -0.399 e. The predicted molar refractivity (Wildman–Crippen MR) is 98.8 cm³/mol. The van der Waals surface area contributed by atoms with Crippen molar-refractivity contribution in [2.45, 2.75) is 26.2 Å². The fraction of sp³-hybridized carbons (Fsp3) is 0.316. The van der Waals surface area contributed by atoms with E-state index in [1.54, 1.807) is 0 Å². The zero-order chi connectivity index (χ0) is 15.9. The highest BCUT2D eigenvalue weighted by atomic mass is 35.5. The molecule has 0 spiro atoms. The fourth-order valence-electron chi connectivity index (χ4n) is 2.62. The summed E-state index contributed by atoms with van der Waals surface area (Å²) in [5.41, 5.74) is 8.68. The second kappa shape index (κ2) is 9.21. The van der Waals surface area contributed by atoms with Crippen molar-refractivity contribution in [1.29, 1.82) is 0 Å². The molecule has 2 aromatic carbocycles. The van der Waals surface area contributed by atoms with Crippen LogP contribution in [0.15, 0.2) is 54.6 Å². The number of hydrogen-bond donors (Lipinski definition) is 2. The van der Waals surface area contributed by atoms with Crippen LogP contribution in [0.1, 0.15) is 30.9 Å². The largest absolute Gasteiger partial charge is 0.399 e. The maximum atomic E-state index is 12.5. The number of amides is 1. The number of nitrogen functional groups attached to an aromatic ring is 1. The third kappa shape index (κ3) is 5.61. The van der Waals surface area contributed by atoms with E-state index in [1.165, 1.54) is 5.56 Å². The Kier molecular flexibility index (Phi) is 7.63. The minimum atomic E-state index is -0.104. The summed E-state index contributed by atoms with van der Waals surface area (Å²) in [5.74, 6) is 0.253. The quantitative estimate of drug-likeness (QED) is 0.791. The van der Waals surface area contributed by atoms with Crippen molar-refractivity contribution in [1.82, 2.24) is 5.32 Å². The molecule has 0 heterocycles. The number of hydrogen-bond acceptors (Lipinski definition) is 2. The Morgan fingerprint density at radius 2 is 1.65 bits per heavy atom. The molecule has 0 radical (unpaired) electrons. The van der Waals surface area contributed by atoms with Crippen LogP contribution in [0.2, 0.25) is 0 Å². The van der Waals surface area contributed by atoms with E-state index in [1.807, 2.05) is 54.6 Å². The van der Waals surface area contributed by atoms with E-state index in [2.05, 4.69) is 19.2 Å². The lowest BCUT2D eigenvalue weighted by molar-refractivity contribution is -0.123. The molecule has 0 saturated heterocycles. The first-order valence-electron chi connectivity index (χ1n) is 7.75. The molecule has 1 atom stereocenters. The predicted octanol–water partition coefficient (Wildman–Crippen LogP) is 3.79. The van der Waals surface area contributed by atoms with E-state index >= 15 is 0 Å². The van der Waals surface area contributed by atoms with Crippen molar-refractivity contribution in [3.63, 3.8) is 0 Å². The number of nitrogens with one attached hydrogen (secondary N) is 1. The number of halogens is 1. The van der Waals surface area contributed by atoms with Crippen molar-refractivity contribution >= 4 is 24.0 Å². The van der Waals surface area contributed by atoms with E-state index in [-0.39, 0.29) is 30.2 Å². The molecule has 1 unspecified atom stereocenters.